The molecule has 0 radical (unpaired) electrons. The van der Waals surface area contributed by atoms with Crippen LogP contribution in [0.2, 0.25) is 0 Å². The Hall–Kier alpha value is -3.35. The molecule has 0 bridgehead atoms. The number of rotatable bonds is 4. The number of amides is 1. The molecule has 7 heteroatoms. The highest BCUT2D eigenvalue weighted by atomic mass is 19.4. The highest BCUT2D eigenvalue weighted by Crippen LogP contribution is 2.30. The molecule has 1 N–H and O–H groups in total. The predicted molar refractivity (Wildman–Crippen MR) is 105 cm³/mol. The van der Waals surface area contributed by atoms with Crippen LogP contribution in [0.5, 0.6) is 0 Å². The highest BCUT2D eigenvalue weighted by molar-refractivity contribution is 6.04. The van der Waals surface area contributed by atoms with Crippen molar-refractivity contribution in [3.8, 4) is 0 Å². The number of hydrogen-bond acceptors (Lipinski definition) is 2. The lowest BCUT2D eigenvalue weighted by atomic mass is 10.1. The molecule has 3 rings (SSSR count). The van der Waals surface area contributed by atoms with Gasteiger partial charge in [0.15, 0.2) is 0 Å². The second kappa shape index (κ2) is 7.95. The molecule has 3 aromatic rings. The molecule has 4 nitrogen and oxygen atoms in total. The number of nitrogens with one attached hydrogen (secondary N) is 1. The van der Waals surface area contributed by atoms with Gasteiger partial charge in [-0.25, -0.2) is 0 Å². The molecule has 0 atom stereocenters. The first-order valence-electron chi connectivity index (χ1n) is 8.89. The minimum Gasteiger partial charge on any atom is -0.322 e. The van der Waals surface area contributed by atoms with E-state index < -0.39 is 23.2 Å². The lowest BCUT2D eigenvalue weighted by Crippen LogP contribution is -2.29. The van der Waals surface area contributed by atoms with Crippen molar-refractivity contribution in [2.24, 2.45) is 0 Å². The van der Waals surface area contributed by atoms with Crippen molar-refractivity contribution in [2.75, 3.05) is 5.32 Å². The summed E-state index contributed by atoms with van der Waals surface area (Å²) in [6, 6.07) is 13.1. The number of carbonyl (C=O) groups excluding carboxylic acids is 1. The van der Waals surface area contributed by atoms with Crippen molar-refractivity contribution >= 4 is 11.6 Å². The zero-order valence-corrected chi connectivity index (χ0v) is 15.9. The Morgan fingerprint density at radius 1 is 1.03 bits per heavy atom. The maximum Gasteiger partial charge on any atom is 0.416 e. The zero-order valence-electron chi connectivity index (χ0n) is 15.9. The number of carbonyl (C=O) groups is 1. The maximum atomic E-state index is 12.8. The number of nitrogens with zero attached hydrogens (tertiary/aromatic N) is 1. The first kappa shape index (κ1) is 20.4. The summed E-state index contributed by atoms with van der Waals surface area (Å²) < 4.78 is 39.9. The van der Waals surface area contributed by atoms with Gasteiger partial charge in [-0.2, -0.15) is 13.2 Å². The minimum atomic E-state index is -4.52. The molecule has 0 aliphatic heterocycles. The average Bonchev–Trinajstić information content (AvgIpc) is 2.66. The number of anilines is 1. The third kappa shape index (κ3) is 4.74. The van der Waals surface area contributed by atoms with Gasteiger partial charge in [-0.3, -0.25) is 9.59 Å². The fraction of sp³-hybridized carbons (Fsp3) is 0.182. The maximum absolute atomic E-state index is 12.8. The van der Waals surface area contributed by atoms with Gasteiger partial charge in [0.25, 0.3) is 11.5 Å². The van der Waals surface area contributed by atoms with Crippen molar-refractivity contribution < 1.29 is 18.0 Å². The van der Waals surface area contributed by atoms with Crippen LogP contribution >= 0.6 is 0 Å². The Bertz CT molecular complexity index is 1120. The molecule has 150 valence electrons. The van der Waals surface area contributed by atoms with E-state index >= 15 is 0 Å². The Morgan fingerprint density at radius 2 is 1.79 bits per heavy atom. The van der Waals surface area contributed by atoms with Gasteiger partial charge < -0.3 is 9.88 Å². The van der Waals surface area contributed by atoms with Crippen molar-refractivity contribution in [3.63, 3.8) is 0 Å². The van der Waals surface area contributed by atoms with Crippen molar-refractivity contribution in [3.05, 3.63) is 99.0 Å². The summed E-state index contributed by atoms with van der Waals surface area (Å²) in [5.74, 6) is -0.760. The van der Waals surface area contributed by atoms with Gasteiger partial charge in [0, 0.05) is 11.9 Å². The molecular weight excluding hydrogens is 381 g/mol. The number of aryl methyl sites for hydroxylation is 2. The van der Waals surface area contributed by atoms with E-state index in [2.05, 4.69) is 5.32 Å². The van der Waals surface area contributed by atoms with Crippen LogP contribution in [0.3, 0.4) is 0 Å². The summed E-state index contributed by atoms with van der Waals surface area (Å²) in [4.78, 5) is 25.3. The Balaban J connectivity index is 1.87. The van der Waals surface area contributed by atoms with Crippen LogP contribution < -0.4 is 10.9 Å². The number of alkyl halides is 3. The number of pyridine rings is 1. The molecule has 0 saturated carbocycles. The molecule has 29 heavy (non-hydrogen) atoms. The van der Waals surface area contributed by atoms with Gasteiger partial charge in [0.05, 0.1) is 12.1 Å². The predicted octanol–water partition coefficient (Wildman–Crippen LogP) is 4.78. The monoisotopic (exact) mass is 400 g/mol. The van der Waals surface area contributed by atoms with Crippen LogP contribution in [0.15, 0.2) is 65.6 Å². The topological polar surface area (TPSA) is 51.1 Å². The zero-order chi connectivity index (χ0) is 21.2. The number of hydrogen-bond donors (Lipinski definition) is 1. The van der Waals surface area contributed by atoms with Crippen LogP contribution in [-0.4, -0.2) is 10.5 Å². The summed E-state index contributed by atoms with van der Waals surface area (Å²) in [7, 11) is 0. The van der Waals surface area contributed by atoms with Crippen molar-refractivity contribution in [2.45, 2.75) is 26.6 Å². The number of benzene rings is 2. The molecule has 1 heterocycles. The van der Waals surface area contributed by atoms with E-state index in [1.54, 1.807) is 12.3 Å². The molecule has 0 fully saturated rings. The molecule has 0 saturated heterocycles. The molecule has 0 unspecified atom stereocenters. The third-order valence-corrected chi connectivity index (χ3v) is 4.56. The summed E-state index contributed by atoms with van der Waals surface area (Å²) in [5, 5.41) is 2.37. The molecule has 2 aromatic carbocycles. The fourth-order valence-electron chi connectivity index (χ4n) is 2.96. The van der Waals surface area contributed by atoms with E-state index in [0.29, 0.717) is 0 Å². The SMILES string of the molecule is Cc1ccc(C)c(Cn2cccc(C(=O)Nc3cccc(C(F)(F)F)c3)c2=O)c1. The largest absolute Gasteiger partial charge is 0.416 e. The van der Waals surface area contributed by atoms with Gasteiger partial charge in [0.2, 0.25) is 0 Å². The molecule has 1 amide bonds. The van der Waals surface area contributed by atoms with E-state index in [0.717, 1.165) is 28.8 Å². The second-order valence-corrected chi connectivity index (χ2v) is 6.82. The van der Waals surface area contributed by atoms with E-state index in [9.17, 15) is 22.8 Å². The Kier molecular flexibility index (Phi) is 5.59. The Morgan fingerprint density at radius 3 is 2.52 bits per heavy atom. The van der Waals surface area contributed by atoms with E-state index in [4.69, 9.17) is 0 Å². The summed E-state index contributed by atoms with van der Waals surface area (Å²) >= 11 is 0. The standard InChI is InChI=1S/C22H19F3N2O2/c1-14-8-9-15(2)16(11-14)13-27-10-4-7-19(21(27)29)20(28)26-18-6-3-5-17(12-18)22(23,24)25/h3-12H,13H2,1-2H3,(H,26,28). The Labute approximate surface area is 165 Å². The molecule has 0 aliphatic carbocycles. The molecule has 1 aromatic heterocycles. The van der Waals surface area contributed by atoms with Gasteiger partial charge in [0.1, 0.15) is 5.56 Å². The fourth-order valence-corrected chi connectivity index (χ4v) is 2.96. The quantitative estimate of drug-likeness (QED) is 0.685. The molecule has 0 aliphatic rings. The van der Waals surface area contributed by atoms with Crippen molar-refractivity contribution in [1.29, 1.82) is 0 Å². The summed E-state index contributed by atoms with van der Waals surface area (Å²) in [6.45, 7) is 4.17. The van der Waals surface area contributed by atoms with E-state index in [1.807, 2.05) is 32.0 Å². The smallest absolute Gasteiger partial charge is 0.322 e. The van der Waals surface area contributed by atoms with E-state index in [1.165, 1.54) is 22.8 Å². The van der Waals surface area contributed by atoms with Crippen molar-refractivity contribution in [1.82, 2.24) is 4.57 Å². The highest BCUT2D eigenvalue weighted by Gasteiger charge is 2.30. The van der Waals surface area contributed by atoms with Crippen LogP contribution in [0.4, 0.5) is 18.9 Å². The van der Waals surface area contributed by atoms with Crippen LogP contribution in [0.25, 0.3) is 0 Å². The molecule has 0 spiro atoms. The summed E-state index contributed by atoms with van der Waals surface area (Å²) in [5.41, 5.74) is 1.44. The van der Waals surface area contributed by atoms with Gasteiger partial charge >= 0.3 is 6.18 Å². The first-order chi connectivity index (χ1) is 13.6. The van der Waals surface area contributed by atoms with Gasteiger partial charge in [-0.1, -0.05) is 29.8 Å². The van der Waals surface area contributed by atoms with Crippen LogP contribution in [0.1, 0.15) is 32.6 Å². The number of halogens is 3. The average molecular weight is 400 g/mol. The molecular formula is C22H19F3N2O2. The van der Waals surface area contributed by atoms with Crippen LogP contribution in [-0.2, 0) is 12.7 Å². The minimum absolute atomic E-state index is 0.0332. The lowest BCUT2D eigenvalue weighted by Gasteiger charge is -2.12. The van der Waals surface area contributed by atoms with Gasteiger partial charge in [-0.05, 0) is 55.3 Å². The second-order valence-electron chi connectivity index (χ2n) is 6.82. The normalized spacial score (nSPS) is 11.3. The first-order valence-corrected chi connectivity index (χ1v) is 8.89. The van der Waals surface area contributed by atoms with Gasteiger partial charge in [-0.15, -0.1) is 0 Å². The van der Waals surface area contributed by atoms with Crippen LogP contribution in [0, 0.1) is 13.8 Å². The number of aromatic nitrogens is 1. The van der Waals surface area contributed by atoms with E-state index in [-0.39, 0.29) is 17.8 Å². The third-order valence-electron chi connectivity index (χ3n) is 4.56. The lowest BCUT2D eigenvalue weighted by molar-refractivity contribution is -0.137. The summed E-state index contributed by atoms with van der Waals surface area (Å²) in [6.07, 6.45) is -2.95.